The Hall–Kier alpha value is -2.34. The van der Waals surface area contributed by atoms with E-state index in [0.717, 1.165) is 6.07 Å². The maximum atomic E-state index is 13.9. The number of anilines is 1. The predicted octanol–water partition coefficient (Wildman–Crippen LogP) is 3.75. The molecule has 0 unspecified atom stereocenters. The van der Waals surface area contributed by atoms with Gasteiger partial charge >= 0.3 is 0 Å². The molecule has 0 fully saturated rings. The van der Waals surface area contributed by atoms with Crippen LogP contribution in [0.4, 0.5) is 14.5 Å². The normalized spacial score (nSPS) is 10.4. The third kappa shape index (κ3) is 3.94. The van der Waals surface area contributed by atoms with Crippen molar-refractivity contribution in [2.24, 2.45) is 0 Å². The molecule has 0 aliphatic heterocycles. The van der Waals surface area contributed by atoms with Crippen molar-refractivity contribution in [1.29, 1.82) is 0 Å². The Morgan fingerprint density at radius 2 is 1.75 bits per heavy atom. The topological polar surface area (TPSA) is 38.8 Å². The molecule has 0 aliphatic carbocycles. The standard InChI is InChI=1S/C17H16ClF2NO3/c1-23-13-6-12(7-14(8-13)24-2)21(16(22)9-18)10-11-4-3-5-15(19)17(11)20/h3-8H,9-10H2,1-2H3. The smallest absolute Gasteiger partial charge is 0.242 e. The molecule has 24 heavy (non-hydrogen) atoms. The van der Waals surface area contributed by atoms with Gasteiger partial charge in [0.05, 0.1) is 26.5 Å². The van der Waals surface area contributed by atoms with Gasteiger partial charge in [0, 0.05) is 23.8 Å². The Morgan fingerprint density at radius 3 is 2.29 bits per heavy atom. The van der Waals surface area contributed by atoms with E-state index in [1.165, 1.54) is 31.3 Å². The molecule has 0 atom stereocenters. The summed E-state index contributed by atoms with van der Waals surface area (Å²) in [5, 5.41) is 0. The molecular formula is C17H16ClF2NO3. The number of rotatable bonds is 6. The molecule has 0 aliphatic rings. The Bertz CT molecular complexity index is 718. The van der Waals surface area contributed by atoms with Crippen LogP contribution in [0.1, 0.15) is 5.56 Å². The highest BCUT2D eigenvalue weighted by molar-refractivity contribution is 6.29. The minimum Gasteiger partial charge on any atom is -0.497 e. The highest BCUT2D eigenvalue weighted by Crippen LogP contribution is 2.30. The highest BCUT2D eigenvalue weighted by Gasteiger charge is 2.20. The number of alkyl halides is 1. The number of hydrogen-bond donors (Lipinski definition) is 0. The van der Waals surface area contributed by atoms with Gasteiger partial charge in [-0.2, -0.15) is 0 Å². The minimum atomic E-state index is -1.00. The minimum absolute atomic E-state index is 0.0373. The van der Waals surface area contributed by atoms with Gasteiger partial charge in [-0.25, -0.2) is 8.78 Å². The third-order valence-corrected chi connectivity index (χ3v) is 3.65. The van der Waals surface area contributed by atoms with Gasteiger partial charge in [-0.1, -0.05) is 12.1 Å². The molecule has 128 valence electrons. The number of carbonyl (C=O) groups is 1. The van der Waals surface area contributed by atoms with E-state index >= 15 is 0 Å². The fourth-order valence-electron chi connectivity index (χ4n) is 2.18. The average molecular weight is 356 g/mol. The zero-order valence-corrected chi connectivity index (χ0v) is 13.9. The molecule has 0 heterocycles. The summed E-state index contributed by atoms with van der Waals surface area (Å²) in [7, 11) is 2.94. The van der Waals surface area contributed by atoms with Crippen LogP contribution in [0.3, 0.4) is 0 Å². The van der Waals surface area contributed by atoms with Gasteiger partial charge < -0.3 is 14.4 Å². The first-order valence-electron chi connectivity index (χ1n) is 7.02. The molecule has 0 spiro atoms. The van der Waals surface area contributed by atoms with Crippen LogP contribution in [0, 0.1) is 11.6 Å². The summed E-state index contributed by atoms with van der Waals surface area (Å²) >= 11 is 5.66. The van der Waals surface area contributed by atoms with Crippen LogP contribution in [0.2, 0.25) is 0 Å². The van der Waals surface area contributed by atoms with Crippen LogP contribution in [0.15, 0.2) is 36.4 Å². The van der Waals surface area contributed by atoms with Crippen molar-refractivity contribution in [3.8, 4) is 11.5 Å². The zero-order chi connectivity index (χ0) is 17.7. The molecule has 4 nitrogen and oxygen atoms in total. The van der Waals surface area contributed by atoms with Crippen LogP contribution < -0.4 is 14.4 Å². The highest BCUT2D eigenvalue weighted by atomic mass is 35.5. The van der Waals surface area contributed by atoms with E-state index in [1.54, 1.807) is 18.2 Å². The van der Waals surface area contributed by atoms with Crippen LogP contribution in [-0.2, 0) is 11.3 Å². The van der Waals surface area contributed by atoms with E-state index in [1.807, 2.05) is 0 Å². The first-order valence-corrected chi connectivity index (χ1v) is 7.56. The number of nitrogens with zero attached hydrogens (tertiary/aromatic N) is 1. The van der Waals surface area contributed by atoms with Gasteiger partial charge in [0.2, 0.25) is 5.91 Å². The molecule has 0 saturated heterocycles. The fourth-order valence-corrected chi connectivity index (χ4v) is 2.33. The average Bonchev–Trinajstić information content (AvgIpc) is 2.61. The Morgan fingerprint density at radius 1 is 1.12 bits per heavy atom. The number of benzene rings is 2. The molecule has 0 N–H and O–H groups in total. The van der Waals surface area contributed by atoms with Gasteiger partial charge in [-0.3, -0.25) is 4.79 Å². The first-order chi connectivity index (χ1) is 11.5. The lowest BCUT2D eigenvalue weighted by Gasteiger charge is -2.23. The number of carbonyl (C=O) groups excluding carboxylic acids is 1. The molecular weight excluding hydrogens is 340 g/mol. The van der Waals surface area contributed by atoms with E-state index < -0.39 is 17.5 Å². The van der Waals surface area contributed by atoms with Crippen molar-refractivity contribution in [3.05, 3.63) is 53.6 Å². The molecule has 0 saturated carbocycles. The lowest BCUT2D eigenvalue weighted by Crippen LogP contribution is -2.31. The Labute approximate surface area is 143 Å². The van der Waals surface area contributed by atoms with E-state index in [4.69, 9.17) is 21.1 Å². The second-order valence-electron chi connectivity index (χ2n) is 4.90. The molecule has 7 heteroatoms. The lowest BCUT2D eigenvalue weighted by atomic mass is 10.1. The van der Waals surface area contributed by atoms with Gasteiger partial charge in [0.25, 0.3) is 0 Å². The summed E-state index contributed by atoms with van der Waals surface area (Å²) in [6.07, 6.45) is 0. The van der Waals surface area contributed by atoms with Crippen LogP contribution in [0.25, 0.3) is 0 Å². The second kappa shape index (κ2) is 7.97. The largest absolute Gasteiger partial charge is 0.497 e. The number of halogens is 3. The summed E-state index contributed by atoms with van der Waals surface area (Å²) in [6, 6.07) is 8.61. The molecule has 2 rings (SSSR count). The molecule has 0 bridgehead atoms. The maximum absolute atomic E-state index is 13.9. The first kappa shape index (κ1) is 18.0. The molecule has 0 radical (unpaired) electrons. The van der Waals surface area contributed by atoms with Crippen LogP contribution in [-0.4, -0.2) is 26.0 Å². The van der Waals surface area contributed by atoms with Crippen molar-refractivity contribution in [2.75, 3.05) is 25.0 Å². The summed E-state index contributed by atoms with van der Waals surface area (Å²) in [4.78, 5) is 13.5. The van der Waals surface area contributed by atoms with Gasteiger partial charge in [-0.05, 0) is 6.07 Å². The quantitative estimate of drug-likeness (QED) is 0.741. The van der Waals surface area contributed by atoms with Crippen LogP contribution in [0.5, 0.6) is 11.5 Å². The maximum Gasteiger partial charge on any atom is 0.242 e. The number of ether oxygens (including phenoxy) is 2. The van der Waals surface area contributed by atoms with E-state index in [9.17, 15) is 13.6 Å². The zero-order valence-electron chi connectivity index (χ0n) is 13.2. The van der Waals surface area contributed by atoms with Crippen molar-refractivity contribution >= 4 is 23.2 Å². The lowest BCUT2D eigenvalue weighted by molar-refractivity contribution is -0.116. The Balaban J connectivity index is 2.46. The van der Waals surface area contributed by atoms with Crippen molar-refractivity contribution < 1.29 is 23.0 Å². The van der Waals surface area contributed by atoms with Crippen LogP contribution >= 0.6 is 11.6 Å². The van der Waals surface area contributed by atoms with Gasteiger partial charge in [0.1, 0.15) is 17.4 Å². The second-order valence-corrected chi connectivity index (χ2v) is 5.16. The summed E-state index contributed by atoms with van der Waals surface area (Å²) < 4.78 is 37.7. The van der Waals surface area contributed by atoms with E-state index in [0.29, 0.717) is 17.2 Å². The third-order valence-electron chi connectivity index (χ3n) is 3.42. The number of hydrogen-bond acceptors (Lipinski definition) is 3. The van der Waals surface area contributed by atoms with E-state index in [-0.39, 0.29) is 18.0 Å². The monoisotopic (exact) mass is 355 g/mol. The van der Waals surface area contributed by atoms with Gasteiger partial charge in [0.15, 0.2) is 11.6 Å². The number of amides is 1. The Kier molecular flexibility index (Phi) is 5.98. The van der Waals surface area contributed by atoms with E-state index in [2.05, 4.69) is 0 Å². The predicted molar refractivity (Wildman–Crippen MR) is 87.8 cm³/mol. The van der Waals surface area contributed by atoms with Crippen molar-refractivity contribution in [2.45, 2.75) is 6.54 Å². The van der Waals surface area contributed by atoms with Crippen molar-refractivity contribution in [3.63, 3.8) is 0 Å². The molecule has 0 aromatic heterocycles. The molecule has 2 aromatic carbocycles. The summed E-state index contributed by atoms with van der Waals surface area (Å²) in [5.41, 5.74) is 0.441. The summed E-state index contributed by atoms with van der Waals surface area (Å²) in [6.45, 7) is -0.175. The SMILES string of the molecule is COc1cc(OC)cc(N(Cc2cccc(F)c2F)C(=O)CCl)c1. The number of methoxy groups -OCH3 is 2. The summed E-state index contributed by atoms with van der Waals surface area (Å²) in [5.74, 6) is -1.84. The molecule has 1 amide bonds. The molecule has 2 aromatic rings. The van der Waals surface area contributed by atoms with Gasteiger partial charge in [-0.15, -0.1) is 11.6 Å². The van der Waals surface area contributed by atoms with Crippen molar-refractivity contribution in [1.82, 2.24) is 0 Å². The fraction of sp³-hybridized carbons (Fsp3) is 0.235.